The van der Waals surface area contributed by atoms with E-state index in [9.17, 15) is 9.18 Å². The third-order valence-corrected chi connectivity index (χ3v) is 4.66. The molecule has 0 aliphatic carbocycles. The summed E-state index contributed by atoms with van der Waals surface area (Å²) in [7, 11) is 0. The van der Waals surface area contributed by atoms with Gasteiger partial charge in [-0.05, 0) is 31.2 Å². The Morgan fingerprint density at radius 2 is 1.86 bits per heavy atom. The van der Waals surface area contributed by atoms with Crippen LogP contribution in [0.3, 0.4) is 0 Å². The number of rotatable bonds is 9. The molecule has 0 unspecified atom stereocenters. The largest absolute Gasteiger partial charge is 0.492 e. The number of para-hydroxylation sites is 3. The Labute approximate surface area is 171 Å². The molecule has 10 heteroatoms. The second-order valence-electron chi connectivity index (χ2n) is 5.75. The van der Waals surface area contributed by atoms with Gasteiger partial charge in [-0.3, -0.25) is 4.79 Å². The number of nitrogens with one attached hydrogen (secondary N) is 1. The van der Waals surface area contributed by atoms with Crippen LogP contribution in [-0.2, 0) is 11.4 Å². The average Bonchev–Trinajstić information content (AvgIpc) is 3.07. The maximum atomic E-state index is 13.6. The van der Waals surface area contributed by atoms with Crippen LogP contribution in [0, 0.1) is 5.82 Å². The number of aromatic nitrogens is 3. The zero-order chi connectivity index (χ0) is 20.6. The molecule has 0 bridgehead atoms. The van der Waals surface area contributed by atoms with E-state index < -0.39 is 5.82 Å². The minimum Gasteiger partial charge on any atom is -0.492 e. The van der Waals surface area contributed by atoms with Gasteiger partial charge in [0.1, 0.15) is 12.4 Å². The molecular formula is C19H20FN5O3S. The predicted molar refractivity (Wildman–Crippen MR) is 108 cm³/mol. The number of halogens is 1. The van der Waals surface area contributed by atoms with E-state index in [1.54, 1.807) is 24.3 Å². The Bertz CT molecular complexity index is 982. The van der Waals surface area contributed by atoms with E-state index in [1.165, 1.54) is 16.8 Å². The van der Waals surface area contributed by atoms with Crippen molar-refractivity contribution < 1.29 is 18.7 Å². The van der Waals surface area contributed by atoms with Crippen molar-refractivity contribution in [2.24, 2.45) is 0 Å². The Balaban J connectivity index is 1.55. The van der Waals surface area contributed by atoms with Gasteiger partial charge >= 0.3 is 0 Å². The number of hydrogen-bond donors (Lipinski definition) is 2. The number of thioether (sulfide) groups is 1. The second-order valence-corrected chi connectivity index (χ2v) is 6.70. The molecule has 3 aromatic rings. The maximum absolute atomic E-state index is 13.6. The molecule has 0 aliphatic heterocycles. The van der Waals surface area contributed by atoms with E-state index in [1.807, 2.05) is 19.1 Å². The summed E-state index contributed by atoms with van der Waals surface area (Å²) in [6.45, 7) is 2.31. The SMILES string of the molecule is CCOc1ccccc1NC(=O)CSc1nnc(COc2ccccc2F)n1N. The molecule has 0 saturated carbocycles. The van der Waals surface area contributed by atoms with E-state index >= 15 is 0 Å². The number of nitrogens with zero attached hydrogens (tertiary/aromatic N) is 3. The summed E-state index contributed by atoms with van der Waals surface area (Å²) in [5, 5.41) is 11.0. The minimum atomic E-state index is -0.478. The van der Waals surface area contributed by atoms with Crippen molar-refractivity contribution in [2.75, 3.05) is 23.5 Å². The highest BCUT2D eigenvalue weighted by Crippen LogP contribution is 2.24. The summed E-state index contributed by atoms with van der Waals surface area (Å²) in [4.78, 5) is 12.3. The zero-order valence-electron chi connectivity index (χ0n) is 15.7. The number of anilines is 1. The maximum Gasteiger partial charge on any atom is 0.234 e. The second kappa shape index (κ2) is 9.78. The summed E-state index contributed by atoms with van der Waals surface area (Å²) in [6, 6.07) is 13.2. The molecule has 1 amide bonds. The lowest BCUT2D eigenvalue weighted by molar-refractivity contribution is -0.113. The van der Waals surface area contributed by atoms with Crippen molar-refractivity contribution in [2.45, 2.75) is 18.7 Å². The van der Waals surface area contributed by atoms with Crippen LogP contribution < -0.4 is 20.6 Å². The van der Waals surface area contributed by atoms with Crippen LogP contribution in [0.1, 0.15) is 12.7 Å². The first-order valence-corrected chi connectivity index (χ1v) is 9.78. The molecular weight excluding hydrogens is 397 g/mol. The van der Waals surface area contributed by atoms with Gasteiger partial charge in [0.15, 0.2) is 17.4 Å². The van der Waals surface area contributed by atoms with E-state index in [2.05, 4.69) is 15.5 Å². The number of carbonyl (C=O) groups is 1. The molecule has 0 radical (unpaired) electrons. The topological polar surface area (TPSA) is 104 Å². The van der Waals surface area contributed by atoms with Crippen LogP contribution >= 0.6 is 11.8 Å². The number of ether oxygens (including phenoxy) is 2. The van der Waals surface area contributed by atoms with Gasteiger partial charge in [-0.25, -0.2) is 9.07 Å². The molecule has 0 aliphatic rings. The van der Waals surface area contributed by atoms with Crippen LogP contribution in [0.15, 0.2) is 53.7 Å². The molecule has 8 nitrogen and oxygen atoms in total. The molecule has 3 rings (SSSR count). The van der Waals surface area contributed by atoms with Crippen molar-refractivity contribution in [1.29, 1.82) is 0 Å². The van der Waals surface area contributed by atoms with Gasteiger partial charge in [-0.1, -0.05) is 36.0 Å². The van der Waals surface area contributed by atoms with Crippen LogP contribution in [0.4, 0.5) is 10.1 Å². The first-order valence-electron chi connectivity index (χ1n) is 8.79. The molecule has 0 spiro atoms. The molecule has 1 heterocycles. The summed E-state index contributed by atoms with van der Waals surface area (Å²) in [5.41, 5.74) is 0.591. The first kappa shape index (κ1) is 20.5. The van der Waals surface area contributed by atoms with Crippen molar-refractivity contribution in [3.63, 3.8) is 0 Å². The smallest absolute Gasteiger partial charge is 0.234 e. The quantitative estimate of drug-likeness (QED) is 0.407. The third kappa shape index (κ3) is 5.38. The van der Waals surface area contributed by atoms with E-state index in [4.69, 9.17) is 15.3 Å². The van der Waals surface area contributed by atoms with E-state index in [0.29, 0.717) is 29.0 Å². The Kier molecular flexibility index (Phi) is 6.90. The minimum absolute atomic E-state index is 0.0566. The molecule has 2 aromatic carbocycles. The zero-order valence-corrected chi connectivity index (χ0v) is 16.5. The van der Waals surface area contributed by atoms with Gasteiger partial charge in [0.05, 0.1) is 18.0 Å². The van der Waals surface area contributed by atoms with Crippen LogP contribution in [0.25, 0.3) is 0 Å². The molecule has 29 heavy (non-hydrogen) atoms. The van der Waals surface area contributed by atoms with E-state index in [-0.39, 0.29) is 24.0 Å². The number of benzene rings is 2. The lowest BCUT2D eigenvalue weighted by Crippen LogP contribution is -2.18. The Hall–Kier alpha value is -3.27. The highest BCUT2D eigenvalue weighted by Gasteiger charge is 2.14. The van der Waals surface area contributed by atoms with Gasteiger partial charge in [0.25, 0.3) is 0 Å². The van der Waals surface area contributed by atoms with Crippen molar-refractivity contribution in [1.82, 2.24) is 14.9 Å². The fraction of sp³-hybridized carbons (Fsp3) is 0.211. The summed E-state index contributed by atoms with van der Waals surface area (Å²) in [6.07, 6.45) is 0. The summed E-state index contributed by atoms with van der Waals surface area (Å²) < 4.78 is 25.7. The molecule has 0 atom stereocenters. The number of hydrogen-bond acceptors (Lipinski definition) is 7. The molecule has 0 fully saturated rings. The molecule has 0 saturated heterocycles. The lowest BCUT2D eigenvalue weighted by Gasteiger charge is -2.11. The van der Waals surface area contributed by atoms with E-state index in [0.717, 1.165) is 11.8 Å². The molecule has 152 valence electrons. The normalized spacial score (nSPS) is 10.6. The number of nitrogen functional groups attached to an aromatic ring is 1. The fourth-order valence-electron chi connectivity index (χ4n) is 2.38. The monoisotopic (exact) mass is 417 g/mol. The van der Waals surface area contributed by atoms with Crippen molar-refractivity contribution in [3.05, 3.63) is 60.2 Å². The third-order valence-electron chi connectivity index (χ3n) is 3.72. The summed E-state index contributed by atoms with van der Waals surface area (Å²) in [5.74, 6) is 6.31. The van der Waals surface area contributed by atoms with Gasteiger partial charge < -0.3 is 20.6 Å². The van der Waals surface area contributed by atoms with Gasteiger partial charge in [-0.2, -0.15) is 0 Å². The van der Waals surface area contributed by atoms with Crippen LogP contribution in [0.5, 0.6) is 11.5 Å². The lowest BCUT2D eigenvalue weighted by atomic mass is 10.3. The predicted octanol–water partition coefficient (Wildman–Crippen LogP) is 2.84. The van der Waals surface area contributed by atoms with Gasteiger partial charge in [-0.15, -0.1) is 10.2 Å². The summed E-state index contributed by atoms with van der Waals surface area (Å²) >= 11 is 1.12. The Morgan fingerprint density at radius 3 is 2.62 bits per heavy atom. The van der Waals surface area contributed by atoms with Gasteiger partial charge in [0.2, 0.25) is 11.1 Å². The molecule has 1 aromatic heterocycles. The van der Waals surface area contributed by atoms with Crippen LogP contribution in [-0.4, -0.2) is 33.1 Å². The number of amides is 1. The van der Waals surface area contributed by atoms with Crippen LogP contribution in [0.2, 0.25) is 0 Å². The number of carbonyl (C=O) groups excluding carboxylic acids is 1. The van der Waals surface area contributed by atoms with Crippen molar-refractivity contribution >= 4 is 23.4 Å². The fourth-order valence-corrected chi connectivity index (χ4v) is 3.05. The highest BCUT2D eigenvalue weighted by atomic mass is 32.2. The number of nitrogens with two attached hydrogens (primary N) is 1. The van der Waals surface area contributed by atoms with Crippen molar-refractivity contribution in [3.8, 4) is 11.5 Å². The molecule has 3 N–H and O–H groups in total. The first-order chi connectivity index (χ1) is 14.1. The standard InChI is InChI=1S/C19H20FN5O3S/c1-2-27-16-10-6-4-8-14(16)22-18(26)12-29-19-24-23-17(25(19)21)11-28-15-9-5-3-7-13(15)20/h3-10H,2,11-12,21H2,1H3,(H,22,26). The Morgan fingerprint density at radius 1 is 1.14 bits per heavy atom. The average molecular weight is 417 g/mol. The highest BCUT2D eigenvalue weighted by molar-refractivity contribution is 7.99. The van der Waals surface area contributed by atoms with Gasteiger partial charge in [0, 0.05) is 0 Å².